The molecule has 1 atom stereocenters. The van der Waals surface area contributed by atoms with Crippen molar-refractivity contribution >= 4 is 29.9 Å². The van der Waals surface area contributed by atoms with Crippen molar-refractivity contribution in [3.63, 3.8) is 0 Å². The van der Waals surface area contributed by atoms with E-state index in [2.05, 4.69) is 10.3 Å². The predicted molar refractivity (Wildman–Crippen MR) is 105 cm³/mol. The van der Waals surface area contributed by atoms with Crippen LogP contribution in [0.3, 0.4) is 0 Å². The minimum atomic E-state index is -0.345. The van der Waals surface area contributed by atoms with Crippen LogP contribution in [0.15, 0.2) is 79.0 Å². The van der Waals surface area contributed by atoms with Gasteiger partial charge < -0.3 is 5.32 Å². The molecule has 3 aromatic rings. The minimum Gasteiger partial charge on any atom is -0.310 e. The van der Waals surface area contributed by atoms with Crippen molar-refractivity contribution in [1.29, 1.82) is 0 Å². The number of aromatic nitrogens is 1. The Hall–Kier alpha value is -2.98. The van der Waals surface area contributed by atoms with Gasteiger partial charge in [-0.3, -0.25) is 9.59 Å². The molecule has 132 valence electrons. The van der Waals surface area contributed by atoms with Crippen LogP contribution in [0.2, 0.25) is 0 Å². The van der Waals surface area contributed by atoms with Crippen LogP contribution in [0, 0.1) is 0 Å². The highest BCUT2D eigenvalue weighted by Crippen LogP contribution is 2.19. The number of hydrogen-bond donors (Lipinski definition) is 1. The zero-order valence-corrected chi connectivity index (χ0v) is 15.1. The van der Waals surface area contributed by atoms with Crippen molar-refractivity contribution in [3.8, 4) is 0 Å². The number of amides is 1. The average Bonchev–Trinajstić information content (AvgIpc) is 2.68. The van der Waals surface area contributed by atoms with Crippen molar-refractivity contribution in [2.45, 2.75) is 12.8 Å². The Morgan fingerprint density at radius 2 is 1.46 bits per heavy atom. The first-order valence-corrected chi connectivity index (χ1v) is 8.07. The van der Waals surface area contributed by atoms with E-state index in [1.54, 1.807) is 42.6 Å². The Kier molecular flexibility index (Phi) is 6.64. The van der Waals surface area contributed by atoms with Gasteiger partial charge in [0.25, 0.3) is 0 Å². The van der Waals surface area contributed by atoms with Crippen molar-refractivity contribution in [3.05, 3.63) is 95.7 Å². The monoisotopic (exact) mass is 366 g/mol. The molecular formula is C21H19ClN2O2. The third kappa shape index (κ3) is 4.55. The third-order valence-corrected chi connectivity index (χ3v) is 4.02. The van der Waals surface area contributed by atoms with E-state index in [1.165, 1.54) is 0 Å². The van der Waals surface area contributed by atoms with E-state index in [4.69, 9.17) is 0 Å². The maximum atomic E-state index is 12.4. The van der Waals surface area contributed by atoms with Gasteiger partial charge in [0.05, 0.1) is 5.92 Å². The molecule has 0 unspecified atom stereocenters. The number of carbonyl (C=O) groups is 2. The van der Waals surface area contributed by atoms with E-state index >= 15 is 0 Å². The fourth-order valence-electron chi connectivity index (χ4n) is 2.50. The Morgan fingerprint density at radius 3 is 2.08 bits per heavy atom. The van der Waals surface area contributed by atoms with E-state index in [1.807, 2.05) is 43.3 Å². The molecule has 0 spiro atoms. The molecule has 0 saturated heterocycles. The number of nitrogens with zero attached hydrogens (tertiary/aromatic N) is 1. The largest absolute Gasteiger partial charge is 0.310 e. The molecule has 0 radical (unpaired) electrons. The molecule has 0 bridgehead atoms. The zero-order chi connectivity index (χ0) is 17.6. The summed E-state index contributed by atoms with van der Waals surface area (Å²) in [4.78, 5) is 28.8. The lowest BCUT2D eigenvalue weighted by atomic mass is 9.96. The van der Waals surface area contributed by atoms with Gasteiger partial charge in [-0.05, 0) is 24.6 Å². The highest BCUT2D eigenvalue weighted by atomic mass is 35.5. The molecule has 26 heavy (non-hydrogen) atoms. The summed E-state index contributed by atoms with van der Waals surface area (Å²) in [5.41, 5.74) is 2.10. The molecule has 1 heterocycles. The van der Waals surface area contributed by atoms with Crippen LogP contribution in [-0.4, -0.2) is 16.7 Å². The molecule has 2 aromatic carbocycles. The Balaban J connectivity index is 0.00000243. The minimum absolute atomic E-state index is 0. The molecule has 0 aliphatic rings. The molecule has 5 heteroatoms. The molecule has 1 amide bonds. The maximum Gasteiger partial charge on any atom is 0.232 e. The standard InChI is InChI=1S/C21H18N2O2.ClH/c1-15(21(25)23-19-9-5-6-14-22-19)16-10-12-18(13-11-16)20(24)17-7-3-2-4-8-17;/h2-15H,1H3,(H,22,23,25);1H/t15-;/m1./s1. The highest BCUT2D eigenvalue weighted by Gasteiger charge is 2.16. The van der Waals surface area contributed by atoms with Crippen LogP contribution in [0.4, 0.5) is 5.82 Å². The normalized spacial score (nSPS) is 11.1. The number of carbonyl (C=O) groups excluding carboxylic acids is 2. The number of rotatable bonds is 5. The molecule has 0 saturated carbocycles. The van der Waals surface area contributed by atoms with Gasteiger partial charge in [-0.25, -0.2) is 4.98 Å². The molecule has 0 aliphatic heterocycles. The summed E-state index contributed by atoms with van der Waals surface area (Å²) in [6.45, 7) is 1.83. The summed E-state index contributed by atoms with van der Waals surface area (Å²) >= 11 is 0. The molecule has 1 aromatic heterocycles. The van der Waals surface area contributed by atoms with Gasteiger partial charge in [-0.1, -0.05) is 60.7 Å². The van der Waals surface area contributed by atoms with E-state index in [9.17, 15) is 9.59 Å². The molecule has 0 fully saturated rings. The average molecular weight is 367 g/mol. The Morgan fingerprint density at radius 1 is 0.846 bits per heavy atom. The number of ketones is 1. The van der Waals surface area contributed by atoms with Gasteiger partial charge in [-0.15, -0.1) is 12.4 Å². The number of hydrogen-bond acceptors (Lipinski definition) is 3. The van der Waals surface area contributed by atoms with Crippen molar-refractivity contribution in [1.82, 2.24) is 4.98 Å². The Bertz CT molecular complexity index is 866. The third-order valence-electron chi connectivity index (χ3n) is 4.02. The molecule has 3 rings (SSSR count). The van der Waals surface area contributed by atoms with Gasteiger partial charge in [-0.2, -0.15) is 0 Å². The van der Waals surface area contributed by atoms with Crippen LogP contribution < -0.4 is 5.32 Å². The van der Waals surface area contributed by atoms with Crippen LogP contribution in [-0.2, 0) is 4.79 Å². The summed E-state index contributed by atoms with van der Waals surface area (Å²) in [5, 5.41) is 2.79. The lowest BCUT2D eigenvalue weighted by molar-refractivity contribution is -0.117. The van der Waals surface area contributed by atoms with Crippen molar-refractivity contribution < 1.29 is 9.59 Å². The van der Waals surface area contributed by atoms with Gasteiger partial charge in [0, 0.05) is 17.3 Å². The van der Waals surface area contributed by atoms with E-state index in [0.717, 1.165) is 5.56 Å². The van der Waals surface area contributed by atoms with Gasteiger partial charge in [0.15, 0.2) is 5.78 Å². The van der Waals surface area contributed by atoms with Gasteiger partial charge in [0.1, 0.15) is 5.82 Å². The highest BCUT2D eigenvalue weighted by molar-refractivity contribution is 6.09. The molecule has 1 N–H and O–H groups in total. The van der Waals surface area contributed by atoms with Crippen LogP contribution in [0.25, 0.3) is 0 Å². The molecule has 4 nitrogen and oxygen atoms in total. The fraction of sp³-hybridized carbons (Fsp3) is 0.0952. The number of anilines is 1. The number of halogens is 1. The number of nitrogens with one attached hydrogen (secondary N) is 1. The lowest BCUT2D eigenvalue weighted by Gasteiger charge is -2.12. The van der Waals surface area contributed by atoms with Crippen molar-refractivity contribution in [2.24, 2.45) is 0 Å². The SMILES string of the molecule is C[C@@H](C(=O)Nc1ccccn1)c1ccc(C(=O)c2ccccc2)cc1.Cl. The fourth-order valence-corrected chi connectivity index (χ4v) is 2.50. The first-order valence-electron chi connectivity index (χ1n) is 8.07. The zero-order valence-electron chi connectivity index (χ0n) is 14.3. The van der Waals surface area contributed by atoms with E-state index in [-0.39, 0.29) is 30.0 Å². The molecule has 0 aliphatic carbocycles. The maximum absolute atomic E-state index is 12.4. The smallest absolute Gasteiger partial charge is 0.232 e. The predicted octanol–water partition coefficient (Wildman–Crippen LogP) is 4.48. The van der Waals surface area contributed by atoms with Crippen molar-refractivity contribution in [2.75, 3.05) is 5.32 Å². The van der Waals surface area contributed by atoms with E-state index < -0.39 is 0 Å². The van der Waals surface area contributed by atoms with Crippen LogP contribution in [0.5, 0.6) is 0 Å². The molecular weight excluding hydrogens is 348 g/mol. The second-order valence-corrected chi connectivity index (χ2v) is 5.74. The summed E-state index contributed by atoms with van der Waals surface area (Å²) < 4.78 is 0. The summed E-state index contributed by atoms with van der Waals surface area (Å²) in [5.74, 6) is 0.0108. The van der Waals surface area contributed by atoms with Gasteiger partial charge >= 0.3 is 0 Å². The quantitative estimate of drug-likeness (QED) is 0.677. The van der Waals surface area contributed by atoms with Crippen LogP contribution in [0.1, 0.15) is 34.3 Å². The second kappa shape index (κ2) is 8.92. The topological polar surface area (TPSA) is 59.1 Å². The summed E-state index contributed by atoms with van der Waals surface area (Å²) in [6, 6.07) is 21.6. The summed E-state index contributed by atoms with van der Waals surface area (Å²) in [7, 11) is 0. The van der Waals surface area contributed by atoms with Crippen LogP contribution >= 0.6 is 12.4 Å². The Labute approximate surface area is 158 Å². The number of benzene rings is 2. The lowest BCUT2D eigenvalue weighted by Crippen LogP contribution is -2.19. The summed E-state index contributed by atoms with van der Waals surface area (Å²) in [6.07, 6.45) is 1.63. The first kappa shape index (κ1) is 19.3. The first-order chi connectivity index (χ1) is 12.1. The van der Waals surface area contributed by atoms with E-state index in [0.29, 0.717) is 16.9 Å². The second-order valence-electron chi connectivity index (χ2n) is 5.74. The van der Waals surface area contributed by atoms with Gasteiger partial charge in [0.2, 0.25) is 5.91 Å². The number of pyridine rings is 1.